The standard InChI is InChI=1S/C21H30N2O2.ClH/c1-2-3-16-4-6-17(7-5-16)20(24)8-9-21(25)23-12-10-18-14-22-15-19(18)11-13-23;/h4-7,18-19,22H,2-3,8-15H2,1H3;1H/t18-,19+;. The number of halogens is 1. The average molecular weight is 379 g/mol. The van der Waals surface area contributed by atoms with Crippen LogP contribution < -0.4 is 5.32 Å². The van der Waals surface area contributed by atoms with Gasteiger partial charge >= 0.3 is 0 Å². The van der Waals surface area contributed by atoms with Crippen molar-refractivity contribution in [3.05, 3.63) is 35.4 Å². The van der Waals surface area contributed by atoms with Crippen LogP contribution >= 0.6 is 12.4 Å². The Kier molecular flexibility index (Phi) is 8.11. The van der Waals surface area contributed by atoms with Crippen molar-refractivity contribution in [2.75, 3.05) is 26.2 Å². The highest BCUT2D eigenvalue weighted by Gasteiger charge is 2.31. The van der Waals surface area contributed by atoms with Crippen LogP contribution in [0.5, 0.6) is 0 Å². The number of nitrogens with one attached hydrogen (secondary N) is 1. The molecule has 0 radical (unpaired) electrons. The molecule has 0 unspecified atom stereocenters. The Bertz CT molecular complexity index is 589. The van der Waals surface area contributed by atoms with Gasteiger partial charge in [0, 0.05) is 31.5 Å². The van der Waals surface area contributed by atoms with Crippen molar-refractivity contribution >= 4 is 24.1 Å². The molecule has 0 spiro atoms. The molecule has 2 heterocycles. The van der Waals surface area contributed by atoms with Crippen LogP contribution in [0.2, 0.25) is 0 Å². The van der Waals surface area contributed by atoms with Gasteiger partial charge in [-0.1, -0.05) is 37.6 Å². The van der Waals surface area contributed by atoms with Crippen molar-refractivity contribution in [1.82, 2.24) is 10.2 Å². The van der Waals surface area contributed by atoms with Gasteiger partial charge in [0.05, 0.1) is 0 Å². The number of likely N-dealkylation sites (tertiary alicyclic amines) is 1. The van der Waals surface area contributed by atoms with Gasteiger partial charge in [-0.15, -0.1) is 12.4 Å². The van der Waals surface area contributed by atoms with E-state index >= 15 is 0 Å². The average Bonchev–Trinajstić information content (AvgIpc) is 2.98. The summed E-state index contributed by atoms with van der Waals surface area (Å²) in [6.07, 6.45) is 4.99. The van der Waals surface area contributed by atoms with E-state index in [4.69, 9.17) is 0 Å². The summed E-state index contributed by atoms with van der Waals surface area (Å²) in [6, 6.07) is 7.86. The minimum absolute atomic E-state index is 0. The third-order valence-corrected chi connectivity index (χ3v) is 5.75. The van der Waals surface area contributed by atoms with Gasteiger partial charge in [0.15, 0.2) is 5.78 Å². The molecule has 1 aromatic carbocycles. The van der Waals surface area contributed by atoms with Crippen molar-refractivity contribution in [2.45, 2.75) is 45.4 Å². The van der Waals surface area contributed by atoms with Crippen LogP contribution in [0, 0.1) is 11.8 Å². The summed E-state index contributed by atoms with van der Waals surface area (Å²) in [5, 5.41) is 3.46. The molecule has 2 atom stereocenters. The number of fused-ring (bicyclic) bond motifs is 1. The lowest BCUT2D eigenvalue weighted by Crippen LogP contribution is -2.32. The van der Waals surface area contributed by atoms with Crippen LogP contribution in [0.4, 0.5) is 0 Å². The van der Waals surface area contributed by atoms with Crippen LogP contribution in [-0.4, -0.2) is 42.8 Å². The van der Waals surface area contributed by atoms with Crippen molar-refractivity contribution in [3.63, 3.8) is 0 Å². The molecule has 0 bridgehead atoms. The van der Waals surface area contributed by atoms with Gasteiger partial charge in [0.1, 0.15) is 0 Å². The number of carbonyl (C=O) groups is 2. The maximum absolute atomic E-state index is 12.5. The van der Waals surface area contributed by atoms with Gasteiger partial charge in [0.2, 0.25) is 5.91 Å². The SMILES string of the molecule is CCCc1ccc(C(=O)CCC(=O)N2CC[C@@H]3CNC[C@@H]3CC2)cc1.Cl. The predicted octanol–water partition coefficient (Wildman–Crippen LogP) is 3.48. The van der Waals surface area contributed by atoms with Gasteiger partial charge in [-0.2, -0.15) is 0 Å². The molecule has 144 valence electrons. The zero-order chi connectivity index (χ0) is 17.6. The zero-order valence-corrected chi connectivity index (χ0v) is 16.5. The number of nitrogens with zero attached hydrogens (tertiary/aromatic N) is 1. The van der Waals surface area contributed by atoms with E-state index in [9.17, 15) is 9.59 Å². The summed E-state index contributed by atoms with van der Waals surface area (Å²) < 4.78 is 0. The quantitative estimate of drug-likeness (QED) is 0.771. The van der Waals surface area contributed by atoms with Crippen LogP contribution in [0.15, 0.2) is 24.3 Å². The van der Waals surface area contributed by atoms with Crippen molar-refractivity contribution in [2.24, 2.45) is 11.8 Å². The van der Waals surface area contributed by atoms with E-state index in [1.807, 2.05) is 29.2 Å². The Labute approximate surface area is 163 Å². The van der Waals surface area contributed by atoms with Gasteiger partial charge < -0.3 is 10.2 Å². The normalized spacial score (nSPS) is 22.3. The molecule has 2 fully saturated rings. The molecule has 3 rings (SSSR count). The summed E-state index contributed by atoms with van der Waals surface area (Å²) in [7, 11) is 0. The Morgan fingerprint density at radius 3 is 2.23 bits per heavy atom. The first-order valence-corrected chi connectivity index (χ1v) is 9.78. The zero-order valence-electron chi connectivity index (χ0n) is 15.7. The maximum Gasteiger partial charge on any atom is 0.223 e. The largest absolute Gasteiger partial charge is 0.343 e. The molecule has 2 saturated heterocycles. The van der Waals surface area contributed by atoms with Crippen LogP contribution in [-0.2, 0) is 11.2 Å². The molecule has 4 nitrogen and oxygen atoms in total. The fourth-order valence-electron chi connectivity index (χ4n) is 4.14. The number of aryl methyl sites for hydroxylation is 1. The molecule has 0 saturated carbocycles. The first-order chi connectivity index (χ1) is 12.2. The number of hydrogen-bond acceptors (Lipinski definition) is 3. The summed E-state index contributed by atoms with van der Waals surface area (Å²) >= 11 is 0. The second-order valence-corrected chi connectivity index (χ2v) is 7.51. The van der Waals surface area contributed by atoms with Gasteiger partial charge in [-0.25, -0.2) is 0 Å². The van der Waals surface area contributed by atoms with Crippen molar-refractivity contribution in [1.29, 1.82) is 0 Å². The minimum atomic E-state index is 0. The fraction of sp³-hybridized carbons (Fsp3) is 0.619. The number of Topliss-reactive ketones (excluding diaryl/α,β-unsaturated/α-hetero) is 1. The number of benzene rings is 1. The first kappa shape index (κ1) is 20.9. The molecule has 1 N–H and O–H groups in total. The summed E-state index contributed by atoms with van der Waals surface area (Å²) in [4.78, 5) is 26.8. The lowest BCUT2D eigenvalue weighted by atomic mass is 9.92. The van der Waals surface area contributed by atoms with Gasteiger partial charge in [-0.3, -0.25) is 9.59 Å². The monoisotopic (exact) mass is 378 g/mol. The molecule has 0 aromatic heterocycles. The molecule has 26 heavy (non-hydrogen) atoms. The molecule has 1 amide bonds. The third kappa shape index (κ3) is 5.31. The van der Waals surface area contributed by atoms with Gasteiger partial charge in [-0.05, 0) is 49.8 Å². The van der Waals surface area contributed by atoms with E-state index in [1.54, 1.807) is 0 Å². The number of hydrogen-bond donors (Lipinski definition) is 1. The van der Waals surface area contributed by atoms with Crippen molar-refractivity contribution < 1.29 is 9.59 Å². The molecular formula is C21H31ClN2O2. The molecule has 1 aromatic rings. The third-order valence-electron chi connectivity index (χ3n) is 5.75. The van der Waals surface area contributed by atoms with Crippen LogP contribution in [0.25, 0.3) is 0 Å². The topological polar surface area (TPSA) is 49.4 Å². The fourth-order valence-corrected chi connectivity index (χ4v) is 4.14. The minimum Gasteiger partial charge on any atom is -0.343 e. The predicted molar refractivity (Wildman–Crippen MR) is 107 cm³/mol. The van der Waals surface area contributed by atoms with E-state index in [0.717, 1.165) is 69.3 Å². The molecule has 5 heteroatoms. The first-order valence-electron chi connectivity index (χ1n) is 9.78. The Morgan fingerprint density at radius 2 is 1.65 bits per heavy atom. The second-order valence-electron chi connectivity index (χ2n) is 7.51. The summed E-state index contributed by atoms with van der Waals surface area (Å²) in [6.45, 7) is 6.04. The highest BCUT2D eigenvalue weighted by atomic mass is 35.5. The smallest absolute Gasteiger partial charge is 0.223 e. The number of carbonyl (C=O) groups excluding carboxylic acids is 2. The van der Waals surface area contributed by atoms with Gasteiger partial charge in [0.25, 0.3) is 0 Å². The van der Waals surface area contributed by atoms with Crippen LogP contribution in [0.3, 0.4) is 0 Å². The lowest BCUT2D eigenvalue weighted by Gasteiger charge is -2.20. The Morgan fingerprint density at radius 1 is 1.04 bits per heavy atom. The van der Waals surface area contributed by atoms with E-state index in [-0.39, 0.29) is 24.1 Å². The molecule has 2 aliphatic heterocycles. The lowest BCUT2D eigenvalue weighted by molar-refractivity contribution is -0.131. The van der Waals surface area contributed by atoms with E-state index < -0.39 is 0 Å². The maximum atomic E-state index is 12.5. The van der Waals surface area contributed by atoms with E-state index in [0.29, 0.717) is 12.8 Å². The Balaban J connectivity index is 0.00000243. The Hall–Kier alpha value is -1.39. The van der Waals surface area contributed by atoms with Crippen molar-refractivity contribution in [3.8, 4) is 0 Å². The summed E-state index contributed by atoms with van der Waals surface area (Å²) in [5.74, 6) is 1.67. The van der Waals surface area contributed by atoms with Crippen LogP contribution in [0.1, 0.15) is 54.9 Å². The molecular weight excluding hydrogens is 348 g/mol. The number of ketones is 1. The molecule has 0 aliphatic carbocycles. The van der Waals surface area contributed by atoms with E-state index in [1.165, 1.54) is 5.56 Å². The van der Waals surface area contributed by atoms with E-state index in [2.05, 4.69) is 12.2 Å². The number of amides is 1. The highest BCUT2D eigenvalue weighted by molar-refractivity contribution is 5.98. The second kappa shape index (κ2) is 10.1. The number of rotatable bonds is 6. The summed E-state index contributed by atoms with van der Waals surface area (Å²) in [5.41, 5.74) is 1.99. The molecule has 2 aliphatic rings. The highest BCUT2D eigenvalue weighted by Crippen LogP contribution is 2.27.